The Labute approximate surface area is 156 Å². The van der Waals surface area contributed by atoms with Crippen molar-refractivity contribution in [3.63, 3.8) is 0 Å². The quantitative estimate of drug-likeness (QED) is 0.543. The highest BCUT2D eigenvalue weighted by Gasteiger charge is 2.19. The SMILES string of the molecule is COC1CCN(CCOc2ccc(N)cc2-c2[nH]ncc2CBr)CC1. The fraction of sp³-hybridized carbons (Fsp3) is 0.500. The Kier molecular flexibility index (Phi) is 6.34. The van der Waals surface area contributed by atoms with Gasteiger partial charge < -0.3 is 15.2 Å². The molecule has 6 nitrogen and oxygen atoms in total. The van der Waals surface area contributed by atoms with E-state index in [1.165, 1.54) is 0 Å². The molecular formula is C18H25BrN4O2. The Morgan fingerprint density at radius 2 is 2.16 bits per heavy atom. The molecule has 1 aromatic carbocycles. The predicted octanol–water partition coefficient (Wildman–Crippen LogP) is 3.04. The Balaban J connectivity index is 1.63. The van der Waals surface area contributed by atoms with Crippen LogP contribution in [0.3, 0.4) is 0 Å². The van der Waals surface area contributed by atoms with E-state index in [0.29, 0.717) is 18.4 Å². The number of aromatic amines is 1. The number of methoxy groups -OCH3 is 1. The number of nitrogen functional groups attached to an aromatic ring is 1. The molecule has 2 heterocycles. The molecule has 0 aliphatic carbocycles. The molecule has 0 bridgehead atoms. The van der Waals surface area contributed by atoms with Crippen molar-refractivity contribution >= 4 is 21.6 Å². The standard InChI is InChI=1S/C18H25BrN4O2/c1-24-15-4-6-23(7-5-15)8-9-25-17-3-2-14(20)10-16(17)18-13(11-19)12-21-22-18/h2-3,10,12,15H,4-9,11,20H2,1H3,(H,21,22). The molecule has 1 fully saturated rings. The molecule has 1 aromatic heterocycles. The average Bonchev–Trinajstić information content (AvgIpc) is 3.12. The summed E-state index contributed by atoms with van der Waals surface area (Å²) in [7, 11) is 1.79. The van der Waals surface area contributed by atoms with Gasteiger partial charge in [0.05, 0.1) is 18.0 Å². The highest BCUT2D eigenvalue weighted by molar-refractivity contribution is 9.08. The van der Waals surface area contributed by atoms with Crippen molar-refractivity contribution in [1.82, 2.24) is 15.1 Å². The highest BCUT2D eigenvalue weighted by atomic mass is 79.9. The predicted molar refractivity (Wildman–Crippen MR) is 103 cm³/mol. The normalized spacial score (nSPS) is 16.2. The van der Waals surface area contributed by atoms with E-state index in [1.807, 2.05) is 24.4 Å². The molecule has 136 valence electrons. The zero-order valence-corrected chi connectivity index (χ0v) is 16.1. The second kappa shape index (κ2) is 8.69. The van der Waals surface area contributed by atoms with Gasteiger partial charge >= 0.3 is 0 Å². The number of nitrogens with one attached hydrogen (secondary N) is 1. The van der Waals surface area contributed by atoms with Crippen LogP contribution in [-0.2, 0) is 10.1 Å². The summed E-state index contributed by atoms with van der Waals surface area (Å²) < 4.78 is 11.5. The molecule has 3 N–H and O–H groups in total. The molecule has 0 unspecified atom stereocenters. The molecule has 0 amide bonds. The molecule has 1 aliphatic rings. The fourth-order valence-electron chi connectivity index (χ4n) is 3.17. The van der Waals surface area contributed by atoms with E-state index in [4.69, 9.17) is 15.2 Å². The molecule has 3 rings (SSSR count). The van der Waals surface area contributed by atoms with Crippen molar-refractivity contribution in [2.75, 3.05) is 39.1 Å². The largest absolute Gasteiger partial charge is 0.492 e. The van der Waals surface area contributed by atoms with Crippen LogP contribution in [0.4, 0.5) is 5.69 Å². The van der Waals surface area contributed by atoms with Crippen molar-refractivity contribution in [3.8, 4) is 17.0 Å². The van der Waals surface area contributed by atoms with E-state index in [2.05, 4.69) is 31.0 Å². The summed E-state index contributed by atoms with van der Waals surface area (Å²) in [6.45, 7) is 3.68. The minimum atomic E-state index is 0.406. The van der Waals surface area contributed by atoms with Gasteiger partial charge in [0, 0.05) is 48.9 Å². The van der Waals surface area contributed by atoms with Gasteiger partial charge in [0.2, 0.25) is 0 Å². The van der Waals surface area contributed by atoms with Crippen molar-refractivity contribution in [2.24, 2.45) is 0 Å². The number of piperidine rings is 1. The third kappa shape index (κ3) is 4.54. The average molecular weight is 409 g/mol. The van der Waals surface area contributed by atoms with Gasteiger partial charge in [-0.15, -0.1) is 0 Å². The number of H-pyrrole nitrogens is 1. The highest BCUT2D eigenvalue weighted by Crippen LogP contribution is 2.33. The van der Waals surface area contributed by atoms with Gasteiger partial charge in [-0.05, 0) is 31.0 Å². The first kappa shape index (κ1) is 18.2. The minimum absolute atomic E-state index is 0.406. The number of alkyl halides is 1. The molecule has 7 heteroatoms. The van der Waals surface area contributed by atoms with Crippen LogP contribution < -0.4 is 10.5 Å². The molecule has 0 atom stereocenters. The molecule has 2 aromatic rings. The van der Waals surface area contributed by atoms with E-state index in [1.54, 1.807) is 7.11 Å². The number of hydrogen-bond acceptors (Lipinski definition) is 5. The zero-order valence-electron chi connectivity index (χ0n) is 14.5. The maximum absolute atomic E-state index is 6.08. The Morgan fingerprint density at radius 1 is 1.36 bits per heavy atom. The number of halogens is 1. The Hall–Kier alpha value is -1.57. The lowest BCUT2D eigenvalue weighted by molar-refractivity contribution is 0.0375. The first-order valence-corrected chi connectivity index (χ1v) is 9.69. The summed E-state index contributed by atoms with van der Waals surface area (Å²) >= 11 is 3.49. The van der Waals surface area contributed by atoms with Crippen molar-refractivity contribution in [3.05, 3.63) is 30.0 Å². The van der Waals surface area contributed by atoms with E-state index in [-0.39, 0.29) is 0 Å². The number of anilines is 1. The van der Waals surface area contributed by atoms with Crippen LogP contribution in [0.2, 0.25) is 0 Å². The second-order valence-electron chi connectivity index (χ2n) is 6.28. The number of benzene rings is 1. The number of aromatic nitrogens is 2. The van der Waals surface area contributed by atoms with Gasteiger partial charge in [-0.25, -0.2) is 0 Å². The van der Waals surface area contributed by atoms with E-state index < -0.39 is 0 Å². The van der Waals surface area contributed by atoms with E-state index in [0.717, 1.165) is 60.4 Å². The van der Waals surface area contributed by atoms with Crippen LogP contribution in [0.1, 0.15) is 18.4 Å². The lowest BCUT2D eigenvalue weighted by Crippen LogP contribution is -2.38. The van der Waals surface area contributed by atoms with Gasteiger partial charge in [-0.2, -0.15) is 5.10 Å². The molecule has 1 aliphatic heterocycles. The van der Waals surface area contributed by atoms with Gasteiger partial charge in [-0.3, -0.25) is 10.00 Å². The van der Waals surface area contributed by atoms with Crippen LogP contribution >= 0.6 is 15.9 Å². The second-order valence-corrected chi connectivity index (χ2v) is 6.85. The summed E-state index contributed by atoms with van der Waals surface area (Å²) in [5, 5.41) is 7.91. The Bertz CT molecular complexity index is 683. The summed E-state index contributed by atoms with van der Waals surface area (Å²) in [5.74, 6) is 0.826. The third-order valence-corrected chi connectivity index (χ3v) is 5.27. The van der Waals surface area contributed by atoms with Crippen LogP contribution in [-0.4, -0.2) is 54.6 Å². The summed E-state index contributed by atoms with van der Waals surface area (Å²) in [5.41, 5.74) is 9.66. The van der Waals surface area contributed by atoms with Crippen LogP contribution in [0.25, 0.3) is 11.3 Å². The molecule has 1 saturated heterocycles. The number of rotatable bonds is 7. The van der Waals surface area contributed by atoms with Gasteiger partial charge in [0.1, 0.15) is 12.4 Å². The Morgan fingerprint density at radius 3 is 2.88 bits per heavy atom. The van der Waals surface area contributed by atoms with Gasteiger partial charge in [-0.1, -0.05) is 15.9 Å². The van der Waals surface area contributed by atoms with Crippen molar-refractivity contribution in [1.29, 1.82) is 0 Å². The maximum atomic E-state index is 6.08. The molecule has 25 heavy (non-hydrogen) atoms. The number of hydrogen-bond donors (Lipinski definition) is 2. The van der Waals surface area contributed by atoms with Crippen LogP contribution in [0.15, 0.2) is 24.4 Å². The number of nitrogens with zero attached hydrogens (tertiary/aromatic N) is 2. The number of nitrogens with two attached hydrogens (primary N) is 1. The summed E-state index contributed by atoms with van der Waals surface area (Å²) in [6, 6.07) is 5.73. The minimum Gasteiger partial charge on any atom is -0.492 e. The lowest BCUT2D eigenvalue weighted by atomic mass is 10.1. The third-order valence-electron chi connectivity index (χ3n) is 4.67. The molecule has 0 spiro atoms. The number of ether oxygens (including phenoxy) is 2. The smallest absolute Gasteiger partial charge is 0.128 e. The first-order chi connectivity index (χ1) is 12.2. The molecule has 0 radical (unpaired) electrons. The number of likely N-dealkylation sites (tertiary alicyclic amines) is 1. The summed E-state index contributed by atoms with van der Waals surface area (Å²) in [6.07, 6.45) is 4.40. The van der Waals surface area contributed by atoms with E-state index >= 15 is 0 Å². The zero-order chi connectivity index (χ0) is 17.6. The van der Waals surface area contributed by atoms with Crippen LogP contribution in [0, 0.1) is 0 Å². The monoisotopic (exact) mass is 408 g/mol. The maximum Gasteiger partial charge on any atom is 0.128 e. The van der Waals surface area contributed by atoms with Gasteiger partial charge in [0.25, 0.3) is 0 Å². The summed E-state index contributed by atoms with van der Waals surface area (Å²) in [4.78, 5) is 2.42. The first-order valence-electron chi connectivity index (χ1n) is 8.57. The lowest BCUT2D eigenvalue weighted by Gasteiger charge is -2.31. The van der Waals surface area contributed by atoms with Crippen molar-refractivity contribution in [2.45, 2.75) is 24.3 Å². The molecule has 0 saturated carbocycles. The fourth-order valence-corrected chi connectivity index (χ4v) is 3.59. The van der Waals surface area contributed by atoms with Crippen molar-refractivity contribution < 1.29 is 9.47 Å². The van der Waals surface area contributed by atoms with E-state index in [9.17, 15) is 0 Å². The topological polar surface area (TPSA) is 76.4 Å². The molecular weight excluding hydrogens is 384 g/mol. The van der Waals surface area contributed by atoms with Crippen LogP contribution in [0.5, 0.6) is 5.75 Å². The van der Waals surface area contributed by atoms with Gasteiger partial charge in [0.15, 0.2) is 0 Å².